The highest BCUT2D eigenvalue weighted by atomic mass is 35.5. The van der Waals surface area contributed by atoms with Crippen LogP contribution in [-0.2, 0) is 12.8 Å². The van der Waals surface area contributed by atoms with Gasteiger partial charge in [-0.25, -0.2) is 9.97 Å². The van der Waals surface area contributed by atoms with Crippen molar-refractivity contribution >= 4 is 72.8 Å². The number of pyridine rings is 1. The molecule has 0 fully saturated rings. The summed E-state index contributed by atoms with van der Waals surface area (Å²) in [5, 5.41) is 7.07. The van der Waals surface area contributed by atoms with Gasteiger partial charge < -0.3 is 5.73 Å². The lowest BCUT2D eigenvalue weighted by atomic mass is 10.1. The molecule has 0 saturated heterocycles. The maximum Gasteiger partial charge on any atom is 0.269 e. The van der Waals surface area contributed by atoms with Gasteiger partial charge in [0.25, 0.3) is 5.91 Å². The van der Waals surface area contributed by atoms with Crippen molar-refractivity contribution in [2.24, 2.45) is 0 Å². The van der Waals surface area contributed by atoms with Crippen LogP contribution in [-0.4, -0.2) is 15.9 Å². The molecular formula is C20H14Cl2N4OS2. The molecule has 0 atom stereocenters. The Morgan fingerprint density at radius 3 is 2.86 bits per heavy atom. The molecule has 5 nitrogen and oxygen atoms in total. The molecule has 146 valence electrons. The topological polar surface area (TPSA) is 80.9 Å². The van der Waals surface area contributed by atoms with Crippen molar-refractivity contribution in [1.29, 1.82) is 0 Å². The first-order valence-electron chi connectivity index (χ1n) is 8.92. The summed E-state index contributed by atoms with van der Waals surface area (Å²) < 4.78 is 0. The highest BCUT2D eigenvalue weighted by Crippen LogP contribution is 2.37. The zero-order valence-corrected chi connectivity index (χ0v) is 18.1. The summed E-state index contributed by atoms with van der Waals surface area (Å²) in [5.74, 6) is -0.284. The summed E-state index contributed by atoms with van der Waals surface area (Å²) in [4.78, 5) is 23.3. The van der Waals surface area contributed by atoms with Gasteiger partial charge in [-0.05, 0) is 49.1 Å². The van der Waals surface area contributed by atoms with E-state index < -0.39 is 0 Å². The Bertz CT molecular complexity index is 1280. The number of anilines is 2. The Morgan fingerprint density at radius 1 is 1.17 bits per heavy atom. The van der Waals surface area contributed by atoms with E-state index in [-0.39, 0.29) is 5.91 Å². The van der Waals surface area contributed by atoms with Crippen LogP contribution in [0.15, 0.2) is 29.6 Å². The molecular weight excluding hydrogens is 447 g/mol. The second-order valence-corrected chi connectivity index (χ2v) is 9.46. The van der Waals surface area contributed by atoms with E-state index in [1.807, 2.05) is 5.38 Å². The molecule has 9 heteroatoms. The summed E-state index contributed by atoms with van der Waals surface area (Å²) in [6, 6.07) is 7.30. The molecule has 3 N–H and O–H groups in total. The molecule has 0 bridgehead atoms. The molecule has 5 rings (SSSR count). The number of nitrogen functional groups attached to an aromatic ring is 1. The number of halogens is 2. The van der Waals surface area contributed by atoms with Crippen molar-refractivity contribution in [3.63, 3.8) is 0 Å². The van der Waals surface area contributed by atoms with Crippen LogP contribution in [0.1, 0.15) is 27.3 Å². The van der Waals surface area contributed by atoms with E-state index in [4.69, 9.17) is 33.9 Å². The fourth-order valence-corrected chi connectivity index (χ4v) is 5.67. The van der Waals surface area contributed by atoms with Crippen molar-refractivity contribution in [2.45, 2.75) is 19.3 Å². The minimum atomic E-state index is -0.284. The van der Waals surface area contributed by atoms with Gasteiger partial charge in [-0.15, -0.1) is 22.7 Å². The van der Waals surface area contributed by atoms with Crippen molar-refractivity contribution in [3.8, 4) is 11.3 Å². The van der Waals surface area contributed by atoms with Gasteiger partial charge in [0.05, 0.1) is 16.4 Å². The van der Waals surface area contributed by atoms with E-state index in [0.29, 0.717) is 31.4 Å². The molecule has 0 spiro atoms. The zero-order valence-electron chi connectivity index (χ0n) is 15.0. The molecule has 0 saturated carbocycles. The van der Waals surface area contributed by atoms with Gasteiger partial charge in [-0.2, -0.15) is 0 Å². The number of hydrogen-bond acceptors (Lipinski definition) is 6. The number of thiazole rings is 1. The van der Waals surface area contributed by atoms with Gasteiger partial charge in [0.1, 0.15) is 9.71 Å². The van der Waals surface area contributed by atoms with Crippen molar-refractivity contribution in [3.05, 3.63) is 55.8 Å². The number of benzene rings is 1. The fourth-order valence-electron chi connectivity index (χ4n) is 3.47. The Hall–Kier alpha value is -2.19. The maximum atomic E-state index is 12.8. The number of aromatic nitrogens is 2. The minimum absolute atomic E-state index is 0.284. The second-order valence-electron chi connectivity index (χ2n) is 6.76. The first-order chi connectivity index (χ1) is 14.0. The van der Waals surface area contributed by atoms with E-state index in [2.05, 4.69) is 16.4 Å². The second kappa shape index (κ2) is 7.25. The van der Waals surface area contributed by atoms with Crippen molar-refractivity contribution in [2.75, 3.05) is 11.1 Å². The monoisotopic (exact) mass is 460 g/mol. The average Bonchev–Trinajstić information content (AvgIpc) is 3.39. The predicted octanol–water partition coefficient (Wildman–Crippen LogP) is 6.05. The van der Waals surface area contributed by atoms with Crippen LogP contribution in [0.25, 0.3) is 21.5 Å². The Morgan fingerprint density at radius 2 is 2.03 bits per heavy atom. The molecule has 1 amide bonds. The number of rotatable bonds is 3. The number of fused-ring (bicyclic) bond motifs is 2. The lowest BCUT2D eigenvalue weighted by Crippen LogP contribution is -2.11. The fraction of sp³-hybridized carbons (Fsp3) is 0.150. The van der Waals surface area contributed by atoms with Crippen LogP contribution < -0.4 is 11.1 Å². The van der Waals surface area contributed by atoms with Gasteiger partial charge >= 0.3 is 0 Å². The molecule has 3 heterocycles. The third kappa shape index (κ3) is 3.38. The molecule has 3 aromatic heterocycles. The number of carbonyl (C=O) groups is 1. The van der Waals surface area contributed by atoms with Crippen LogP contribution in [0, 0.1) is 0 Å². The highest BCUT2D eigenvalue weighted by molar-refractivity contribution is 7.21. The first kappa shape index (κ1) is 18.8. The van der Waals surface area contributed by atoms with Crippen LogP contribution in [0.5, 0.6) is 0 Å². The van der Waals surface area contributed by atoms with Crippen LogP contribution >= 0.6 is 45.9 Å². The SMILES string of the molecule is Nc1c(C(=O)Nc2nc(-c3ccc(Cl)cc3Cl)cs2)sc2nc3c(cc12)CCC3. The Labute approximate surface area is 184 Å². The number of carbonyl (C=O) groups excluding carboxylic acids is 1. The Balaban J connectivity index is 1.42. The third-order valence-electron chi connectivity index (χ3n) is 4.89. The smallest absolute Gasteiger partial charge is 0.269 e. The van der Waals surface area contributed by atoms with E-state index in [0.717, 1.165) is 40.7 Å². The molecule has 0 aliphatic heterocycles. The van der Waals surface area contributed by atoms with Gasteiger partial charge in [-0.3, -0.25) is 10.1 Å². The number of aryl methyl sites for hydroxylation is 2. The number of nitrogens with one attached hydrogen (secondary N) is 1. The molecule has 1 aromatic carbocycles. The summed E-state index contributed by atoms with van der Waals surface area (Å²) in [6.45, 7) is 0. The molecule has 0 unspecified atom stereocenters. The van der Waals surface area contributed by atoms with E-state index in [1.165, 1.54) is 28.2 Å². The molecule has 29 heavy (non-hydrogen) atoms. The summed E-state index contributed by atoms with van der Waals surface area (Å²) in [6.07, 6.45) is 3.13. The predicted molar refractivity (Wildman–Crippen MR) is 122 cm³/mol. The largest absolute Gasteiger partial charge is 0.397 e. The van der Waals surface area contributed by atoms with Crippen LogP contribution in [0.4, 0.5) is 10.8 Å². The number of hydrogen-bond donors (Lipinski definition) is 2. The van der Waals surface area contributed by atoms with Gasteiger partial charge in [-0.1, -0.05) is 23.2 Å². The first-order valence-corrected chi connectivity index (χ1v) is 11.4. The maximum absolute atomic E-state index is 12.8. The number of nitrogens with two attached hydrogens (primary N) is 1. The quantitative estimate of drug-likeness (QED) is 0.389. The Kier molecular flexibility index (Phi) is 4.70. The van der Waals surface area contributed by atoms with Gasteiger partial charge in [0.2, 0.25) is 0 Å². The normalized spacial score (nSPS) is 13.0. The molecule has 1 aliphatic rings. The van der Waals surface area contributed by atoms with Crippen molar-refractivity contribution < 1.29 is 4.79 Å². The summed E-state index contributed by atoms with van der Waals surface area (Å²) in [5.41, 5.74) is 10.5. The van der Waals surface area contributed by atoms with E-state index in [1.54, 1.807) is 18.2 Å². The number of nitrogens with zero attached hydrogens (tertiary/aromatic N) is 2. The molecule has 0 radical (unpaired) electrons. The molecule has 4 aromatic rings. The lowest BCUT2D eigenvalue weighted by Gasteiger charge is -2.02. The average molecular weight is 461 g/mol. The number of amides is 1. The number of thiophene rings is 1. The highest BCUT2D eigenvalue weighted by Gasteiger charge is 2.22. The van der Waals surface area contributed by atoms with Crippen LogP contribution in [0.2, 0.25) is 10.0 Å². The molecule has 1 aliphatic carbocycles. The summed E-state index contributed by atoms with van der Waals surface area (Å²) in [7, 11) is 0. The van der Waals surface area contributed by atoms with Crippen LogP contribution in [0.3, 0.4) is 0 Å². The third-order valence-corrected chi connectivity index (χ3v) is 7.31. The van der Waals surface area contributed by atoms with Gasteiger partial charge in [0, 0.05) is 27.0 Å². The van der Waals surface area contributed by atoms with E-state index in [9.17, 15) is 4.79 Å². The lowest BCUT2D eigenvalue weighted by molar-refractivity contribution is 0.103. The van der Waals surface area contributed by atoms with Gasteiger partial charge in [0.15, 0.2) is 5.13 Å². The van der Waals surface area contributed by atoms with Crippen molar-refractivity contribution in [1.82, 2.24) is 9.97 Å². The minimum Gasteiger partial charge on any atom is -0.397 e. The zero-order chi connectivity index (χ0) is 20.1. The standard InChI is InChI=1S/C20H14Cl2N4OS2/c21-10-4-5-11(13(22)7-10)15-8-28-20(25-15)26-18(27)17-16(23)12-6-9-2-1-3-14(9)24-19(12)29-17/h4-8H,1-3,23H2,(H,25,26,27). The summed E-state index contributed by atoms with van der Waals surface area (Å²) >= 11 is 14.8. The van der Waals surface area contributed by atoms with E-state index >= 15 is 0 Å².